The minimum absolute atomic E-state index is 0.0237. The predicted octanol–water partition coefficient (Wildman–Crippen LogP) is 1.80. The van der Waals surface area contributed by atoms with Gasteiger partial charge < -0.3 is 4.90 Å². The molecular weight excluding hydrogens is 314 g/mol. The molecule has 0 aliphatic rings. The van der Waals surface area contributed by atoms with Crippen molar-refractivity contribution >= 4 is 37.8 Å². The predicted molar refractivity (Wildman–Crippen MR) is 61.1 cm³/mol. The first-order chi connectivity index (χ1) is 6.43. The number of hydrogen-bond donors (Lipinski definition) is 0. The van der Waals surface area contributed by atoms with Crippen LogP contribution in [-0.2, 0) is 11.3 Å². The molecule has 0 spiro atoms. The van der Waals surface area contributed by atoms with Crippen LogP contribution in [0.15, 0.2) is 9.08 Å². The summed E-state index contributed by atoms with van der Waals surface area (Å²) in [6.07, 6.45) is 0. The van der Waals surface area contributed by atoms with Crippen molar-refractivity contribution in [3.05, 3.63) is 14.8 Å². The standard InChI is InChI=1S/C8H11Br2N3O/c1-5-7(9)8(10)11-13(5)4-6(14)12(2)3/h4H2,1-3H3. The van der Waals surface area contributed by atoms with Crippen LogP contribution in [0.25, 0.3) is 0 Å². The molecule has 0 aliphatic carbocycles. The first kappa shape index (κ1) is 11.7. The van der Waals surface area contributed by atoms with Gasteiger partial charge in [-0.05, 0) is 38.8 Å². The molecule has 0 aromatic carbocycles. The summed E-state index contributed by atoms with van der Waals surface area (Å²) < 4.78 is 3.28. The van der Waals surface area contributed by atoms with Crippen LogP contribution in [0.3, 0.4) is 0 Å². The van der Waals surface area contributed by atoms with Crippen LogP contribution in [0.2, 0.25) is 0 Å². The number of halogens is 2. The van der Waals surface area contributed by atoms with Gasteiger partial charge in [0.2, 0.25) is 5.91 Å². The fourth-order valence-corrected chi connectivity index (χ4v) is 1.67. The molecule has 0 aliphatic heterocycles. The number of amides is 1. The molecule has 0 radical (unpaired) electrons. The average Bonchev–Trinajstić information content (AvgIpc) is 2.33. The second-order valence-electron chi connectivity index (χ2n) is 3.14. The first-order valence-corrected chi connectivity index (χ1v) is 5.60. The number of nitrogens with zero attached hydrogens (tertiary/aromatic N) is 3. The lowest BCUT2D eigenvalue weighted by Gasteiger charge is -2.10. The molecule has 1 heterocycles. The molecule has 78 valence electrons. The van der Waals surface area contributed by atoms with Crippen molar-refractivity contribution in [2.75, 3.05) is 14.1 Å². The molecule has 0 atom stereocenters. The highest BCUT2D eigenvalue weighted by Crippen LogP contribution is 2.25. The van der Waals surface area contributed by atoms with Gasteiger partial charge in [0.25, 0.3) is 0 Å². The van der Waals surface area contributed by atoms with Crippen LogP contribution in [0.5, 0.6) is 0 Å². The van der Waals surface area contributed by atoms with E-state index >= 15 is 0 Å². The maximum atomic E-state index is 11.4. The summed E-state index contributed by atoms with van der Waals surface area (Å²) in [6.45, 7) is 2.17. The summed E-state index contributed by atoms with van der Waals surface area (Å²) in [5.74, 6) is 0.0237. The van der Waals surface area contributed by atoms with Crippen LogP contribution < -0.4 is 0 Å². The van der Waals surface area contributed by atoms with Crippen molar-refractivity contribution < 1.29 is 4.79 Å². The second-order valence-corrected chi connectivity index (χ2v) is 4.68. The molecule has 0 fully saturated rings. The number of likely N-dealkylation sites (N-methyl/N-ethyl adjacent to an activating group) is 1. The van der Waals surface area contributed by atoms with E-state index in [1.54, 1.807) is 23.7 Å². The molecule has 14 heavy (non-hydrogen) atoms. The topological polar surface area (TPSA) is 38.1 Å². The van der Waals surface area contributed by atoms with E-state index < -0.39 is 0 Å². The zero-order valence-corrected chi connectivity index (χ0v) is 11.4. The van der Waals surface area contributed by atoms with E-state index in [1.807, 2.05) is 6.92 Å². The minimum atomic E-state index is 0.0237. The summed E-state index contributed by atoms with van der Waals surface area (Å²) in [5, 5.41) is 4.17. The van der Waals surface area contributed by atoms with E-state index in [4.69, 9.17) is 0 Å². The molecule has 1 rings (SSSR count). The number of hydrogen-bond acceptors (Lipinski definition) is 2. The van der Waals surface area contributed by atoms with Gasteiger partial charge in [-0.15, -0.1) is 0 Å². The zero-order valence-electron chi connectivity index (χ0n) is 8.21. The summed E-state index contributed by atoms with van der Waals surface area (Å²) >= 11 is 6.66. The van der Waals surface area contributed by atoms with E-state index in [1.165, 1.54) is 0 Å². The zero-order chi connectivity index (χ0) is 10.9. The summed E-state index contributed by atoms with van der Waals surface area (Å²) in [6, 6.07) is 0. The number of rotatable bonds is 2. The van der Waals surface area contributed by atoms with Crippen LogP contribution in [0.1, 0.15) is 5.69 Å². The molecule has 0 saturated carbocycles. The third kappa shape index (κ3) is 2.36. The molecule has 0 bridgehead atoms. The highest BCUT2D eigenvalue weighted by molar-refractivity contribution is 9.13. The normalized spacial score (nSPS) is 10.4. The Morgan fingerprint density at radius 3 is 2.43 bits per heavy atom. The molecule has 0 saturated heterocycles. The fraction of sp³-hybridized carbons (Fsp3) is 0.500. The number of carbonyl (C=O) groups excluding carboxylic acids is 1. The number of aromatic nitrogens is 2. The van der Waals surface area contributed by atoms with Gasteiger partial charge in [-0.3, -0.25) is 9.48 Å². The molecule has 6 heteroatoms. The third-order valence-corrected chi connectivity index (χ3v) is 3.91. The molecule has 4 nitrogen and oxygen atoms in total. The lowest BCUT2D eigenvalue weighted by molar-refractivity contribution is -0.129. The van der Waals surface area contributed by atoms with E-state index in [2.05, 4.69) is 37.0 Å². The van der Waals surface area contributed by atoms with Crippen LogP contribution >= 0.6 is 31.9 Å². The second kappa shape index (κ2) is 4.44. The molecule has 1 aromatic heterocycles. The van der Waals surface area contributed by atoms with E-state index in [0.29, 0.717) is 0 Å². The van der Waals surface area contributed by atoms with E-state index in [-0.39, 0.29) is 12.5 Å². The van der Waals surface area contributed by atoms with Crippen molar-refractivity contribution in [2.45, 2.75) is 13.5 Å². The van der Waals surface area contributed by atoms with Gasteiger partial charge >= 0.3 is 0 Å². The lowest BCUT2D eigenvalue weighted by atomic mass is 10.4. The summed E-state index contributed by atoms with van der Waals surface area (Å²) in [5.41, 5.74) is 0.937. The van der Waals surface area contributed by atoms with Gasteiger partial charge in [-0.1, -0.05) is 0 Å². The Hall–Kier alpha value is -0.360. The van der Waals surface area contributed by atoms with Crippen molar-refractivity contribution in [1.82, 2.24) is 14.7 Å². The molecule has 0 unspecified atom stereocenters. The fourth-order valence-electron chi connectivity index (χ4n) is 0.911. The minimum Gasteiger partial charge on any atom is -0.347 e. The maximum Gasteiger partial charge on any atom is 0.243 e. The Kier molecular flexibility index (Phi) is 3.71. The van der Waals surface area contributed by atoms with E-state index in [9.17, 15) is 4.79 Å². The monoisotopic (exact) mass is 323 g/mol. The third-order valence-electron chi connectivity index (χ3n) is 1.88. The van der Waals surface area contributed by atoms with Gasteiger partial charge in [0.1, 0.15) is 11.1 Å². The Labute approximate surface area is 99.5 Å². The van der Waals surface area contributed by atoms with Crippen LogP contribution in [0, 0.1) is 6.92 Å². The van der Waals surface area contributed by atoms with Gasteiger partial charge in [0, 0.05) is 14.1 Å². The molecule has 1 aromatic rings. The smallest absolute Gasteiger partial charge is 0.243 e. The highest BCUT2D eigenvalue weighted by Gasteiger charge is 2.13. The molecule has 1 amide bonds. The van der Waals surface area contributed by atoms with Crippen molar-refractivity contribution in [3.8, 4) is 0 Å². The van der Waals surface area contributed by atoms with Crippen molar-refractivity contribution in [2.24, 2.45) is 0 Å². The molecule has 0 N–H and O–H groups in total. The highest BCUT2D eigenvalue weighted by atomic mass is 79.9. The van der Waals surface area contributed by atoms with Crippen LogP contribution in [0.4, 0.5) is 0 Å². The quantitative estimate of drug-likeness (QED) is 0.832. The van der Waals surface area contributed by atoms with Gasteiger partial charge in [-0.25, -0.2) is 0 Å². The maximum absolute atomic E-state index is 11.4. The summed E-state index contributed by atoms with van der Waals surface area (Å²) in [7, 11) is 3.45. The molecular formula is C8H11Br2N3O. The van der Waals surface area contributed by atoms with Gasteiger partial charge in [-0.2, -0.15) is 5.10 Å². The van der Waals surface area contributed by atoms with Crippen molar-refractivity contribution in [3.63, 3.8) is 0 Å². The Morgan fingerprint density at radius 2 is 2.07 bits per heavy atom. The summed E-state index contributed by atoms with van der Waals surface area (Å²) in [4.78, 5) is 13.0. The largest absolute Gasteiger partial charge is 0.347 e. The first-order valence-electron chi connectivity index (χ1n) is 4.02. The van der Waals surface area contributed by atoms with Gasteiger partial charge in [0.15, 0.2) is 0 Å². The lowest BCUT2D eigenvalue weighted by Crippen LogP contribution is -2.27. The van der Waals surface area contributed by atoms with E-state index in [0.717, 1.165) is 14.8 Å². The Bertz CT molecular complexity index is 360. The average molecular weight is 325 g/mol. The van der Waals surface area contributed by atoms with Crippen molar-refractivity contribution in [1.29, 1.82) is 0 Å². The van der Waals surface area contributed by atoms with Crippen LogP contribution in [-0.4, -0.2) is 34.7 Å². The number of carbonyl (C=O) groups is 1. The Balaban J connectivity index is 2.88. The van der Waals surface area contributed by atoms with Gasteiger partial charge in [0.05, 0.1) is 10.2 Å². The Morgan fingerprint density at radius 1 is 1.50 bits per heavy atom. The SMILES string of the molecule is Cc1c(Br)c(Br)nn1CC(=O)N(C)C.